The van der Waals surface area contributed by atoms with E-state index in [1.807, 2.05) is 6.92 Å². The van der Waals surface area contributed by atoms with Crippen molar-refractivity contribution in [2.24, 2.45) is 5.92 Å². The summed E-state index contributed by atoms with van der Waals surface area (Å²) in [6.45, 7) is 3.58. The fraction of sp³-hybridized carbons (Fsp3) is 0.636. The lowest BCUT2D eigenvalue weighted by atomic mass is 9.95. The zero-order valence-electron chi connectivity index (χ0n) is 17.6. The van der Waals surface area contributed by atoms with E-state index in [2.05, 4.69) is 0 Å². The van der Waals surface area contributed by atoms with Gasteiger partial charge in [-0.3, -0.25) is 9.59 Å². The first kappa shape index (κ1) is 22.7. The van der Waals surface area contributed by atoms with Crippen molar-refractivity contribution in [3.63, 3.8) is 0 Å². The van der Waals surface area contributed by atoms with Crippen LogP contribution in [0, 0.1) is 11.7 Å². The molecular weight excluding hydrogens is 407 g/mol. The maximum absolute atomic E-state index is 13.3. The van der Waals surface area contributed by atoms with Crippen molar-refractivity contribution < 1.29 is 22.4 Å². The standard InChI is InChI=1S/C22H31FN2O4S/c1-2-3-12-25(20-10-13-30(28,29)16-20)22(27)18-5-4-11-24(15-18)21(26)14-17-6-8-19(23)9-7-17/h6-9,18,20H,2-5,10-16H2,1H3. The van der Waals surface area contributed by atoms with Crippen LogP contribution in [0.4, 0.5) is 4.39 Å². The van der Waals surface area contributed by atoms with Gasteiger partial charge < -0.3 is 9.80 Å². The van der Waals surface area contributed by atoms with E-state index < -0.39 is 9.84 Å². The predicted octanol–water partition coefficient (Wildman–Crippen LogP) is 2.42. The van der Waals surface area contributed by atoms with Gasteiger partial charge in [0.1, 0.15) is 5.82 Å². The Morgan fingerprint density at radius 1 is 1.20 bits per heavy atom. The Kier molecular flexibility index (Phi) is 7.50. The highest BCUT2D eigenvalue weighted by Crippen LogP contribution is 2.25. The van der Waals surface area contributed by atoms with Gasteiger partial charge in [-0.15, -0.1) is 0 Å². The first-order valence-electron chi connectivity index (χ1n) is 10.8. The number of piperidine rings is 1. The third-order valence-corrected chi connectivity index (χ3v) is 7.83. The van der Waals surface area contributed by atoms with Gasteiger partial charge >= 0.3 is 0 Å². The molecule has 0 spiro atoms. The fourth-order valence-electron chi connectivity index (χ4n) is 4.35. The zero-order chi connectivity index (χ0) is 21.7. The van der Waals surface area contributed by atoms with Gasteiger partial charge in [0, 0.05) is 25.7 Å². The van der Waals surface area contributed by atoms with Crippen LogP contribution in [-0.2, 0) is 25.8 Å². The number of nitrogens with zero attached hydrogens (tertiary/aromatic N) is 2. The molecule has 0 aliphatic carbocycles. The highest BCUT2D eigenvalue weighted by atomic mass is 32.2. The summed E-state index contributed by atoms with van der Waals surface area (Å²) in [6, 6.07) is 5.64. The molecule has 0 N–H and O–H groups in total. The highest BCUT2D eigenvalue weighted by molar-refractivity contribution is 7.91. The molecule has 0 aromatic heterocycles. The maximum atomic E-state index is 13.3. The van der Waals surface area contributed by atoms with E-state index >= 15 is 0 Å². The molecule has 166 valence electrons. The Balaban J connectivity index is 1.65. The maximum Gasteiger partial charge on any atom is 0.227 e. The molecule has 2 aliphatic heterocycles. The van der Waals surface area contributed by atoms with E-state index in [1.54, 1.807) is 21.9 Å². The van der Waals surface area contributed by atoms with Gasteiger partial charge in [0.05, 0.1) is 23.8 Å². The molecule has 2 atom stereocenters. The van der Waals surface area contributed by atoms with Crippen molar-refractivity contribution in [1.29, 1.82) is 0 Å². The molecule has 2 saturated heterocycles. The fourth-order valence-corrected chi connectivity index (χ4v) is 6.08. The molecule has 1 aromatic carbocycles. The summed E-state index contributed by atoms with van der Waals surface area (Å²) in [6.07, 6.45) is 3.90. The second-order valence-electron chi connectivity index (χ2n) is 8.42. The Morgan fingerprint density at radius 3 is 2.57 bits per heavy atom. The number of sulfone groups is 1. The van der Waals surface area contributed by atoms with Crippen LogP contribution >= 0.6 is 0 Å². The van der Waals surface area contributed by atoms with Crippen molar-refractivity contribution in [2.75, 3.05) is 31.1 Å². The van der Waals surface area contributed by atoms with Crippen molar-refractivity contribution in [2.45, 2.75) is 51.5 Å². The smallest absolute Gasteiger partial charge is 0.227 e. The predicted molar refractivity (Wildman–Crippen MR) is 113 cm³/mol. The van der Waals surface area contributed by atoms with E-state index in [1.165, 1.54) is 12.1 Å². The minimum absolute atomic E-state index is 0.0233. The Hall–Kier alpha value is -1.96. The molecule has 0 saturated carbocycles. The average molecular weight is 439 g/mol. The molecule has 2 aliphatic rings. The molecule has 2 amide bonds. The minimum atomic E-state index is -3.08. The topological polar surface area (TPSA) is 74.8 Å². The quantitative estimate of drug-likeness (QED) is 0.655. The Bertz CT molecular complexity index is 856. The van der Waals surface area contributed by atoms with Gasteiger partial charge in [-0.1, -0.05) is 25.5 Å². The van der Waals surface area contributed by atoms with Crippen LogP contribution in [0.15, 0.2) is 24.3 Å². The molecule has 2 fully saturated rings. The number of rotatable bonds is 7. The Morgan fingerprint density at radius 2 is 1.93 bits per heavy atom. The van der Waals surface area contributed by atoms with Crippen LogP contribution in [0.3, 0.4) is 0 Å². The van der Waals surface area contributed by atoms with Gasteiger partial charge in [0.25, 0.3) is 0 Å². The second kappa shape index (κ2) is 9.90. The number of carbonyl (C=O) groups is 2. The van der Waals surface area contributed by atoms with Crippen molar-refractivity contribution in [3.05, 3.63) is 35.6 Å². The number of hydrogen-bond donors (Lipinski definition) is 0. The summed E-state index contributed by atoms with van der Waals surface area (Å²) in [7, 11) is -3.08. The molecule has 30 heavy (non-hydrogen) atoms. The molecular formula is C22H31FN2O4S. The van der Waals surface area contributed by atoms with E-state index in [4.69, 9.17) is 0 Å². The van der Waals surface area contributed by atoms with E-state index in [0.717, 1.165) is 24.8 Å². The highest BCUT2D eigenvalue weighted by Gasteiger charge is 2.38. The summed E-state index contributed by atoms with van der Waals surface area (Å²) in [5.41, 5.74) is 0.746. The third kappa shape index (κ3) is 5.80. The molecule has 8 heteroatoms. The summed E-state index contributed by atoms with van der Waals surface area (Å²) in [4.78, 5) is 29.5. The lowest BCUT2D eigenvalue weighted by molar-refractivity contribution is -0.142. The molecule has 0 radical (unpaired) electrons. The molecule has 0 bridgehead atoms. The van der Waals surface area contributed by atoms with Crippen LogP contribution < -0.4 is 0 Å². The van der Waals surface area contributed by atoms with E-state index in [-0.39, 0.29) is 47.5 Å². The molecule has 1 aromatic rings. The van der Waals surface area contributed by atoms with Crippen molar-refractivity contribution in [3.8, 4) is 0 Å². The number of halogens is 1. The lowest BCUT2D eigenvalue weighted by Crippen LogP contribution is -2.50. The van der Waals surface area contributed by atoms with Crippen LogP contribution in [-0.4, -0.2) is 67.2 Å². The largest absolute Gasteiger partial charge is 0.342 e. The SMILES string of the molecule is CCCCN(C(=O)C1CCCN(C(=O)Cc2ccc(F)cc2)C1)C1CCS(=O)(=O)C1. The summed E-state index contributed by atoms with van der Waals surface area (Å²) < 4.78 is 37.0. The van der Waals surface area contributed by atoms with Gasteiger partial charge in [-0.2, -0.15) is 0 Å². The second-order valence-corrected chi connectivity index (χ2v) is 10.7. The number of carbonyl (C=O) groups excluding carboxylic acids is 2. The average Bonchev–Trinajstić information content (AvgIpc) is 3.09. The lowest BCUT2D eigenvalue weighted by Gasteiger charge is -2.37. The van der Waals surface area contributed by atoms with Crippen molar-refractivity contribution >= 4 is 21.7 Å². The number of likely N-dealkylation sites (tertiary alicyclic amines) is 1. The normalized spacial score (nSPS) is 23.3. The van der Waals surface area contributed by atoms with Crippen molar-refractivity contribution in [1.82, 2.24) is 9.80 Å². The van der Waals surface area contributed by atoms with Crippen LogP contribution in [0.1, 0.15) is 44.6 Å². The molecule has 2 heterocycles. The molecule has 3 rings (SSSR count). The van der Waals surface area contributed by atoms with Gasteiger partial charge in [0.15, 0.2) is 9.84 Å². The zero-order valence-corrected chi connectivity index (χ0v) is 18.4. The van der Waals surface area contributed by atoms with E-state index in [9.17, 15) is 22.4 Å². The van der Waals surface area contributed by atoms with Crippen LogP contribution in [0.5, 0.6) is 0 Å². The number of hydrogen-bond acceptors (Lipinski definition) is 4. The number of benzene rings is 1. The first-order valence-corrected chi connectivity index (χ1v) is 12.6. The minimum Gasteiger partial charge on any atom is -0.342 e. The monoisotopic (exact) mass is 438 g/mol. The van der Waals surface area contributed by atoms with Gasteiger partial charge in [-0.25, -0.2) is 12.8 Å². The molecule has 6 nitrogen and oxygen atoms in total. The van der Waals surface area contributed by atoms with Crippen LogP contribution in [0.2, 0.25) is 0 Å². The summed E-state index contributed by atoms with van der Waals surface area (Å²) in [5, 5.41) is 0. The molecule has 2 unspecified atom stereocenters. The van der Waals surface area contributed by atoms with E-state index in [0.29, 0.717) is 32.5 Å². The summed E-state index contributed by atoms with van der Waals surface area (Å²) in [5.74, 6) is -0.539. The Labute approximate surface area is 178 Å². The number of amides is 2. The first-order chi connectivity index (χ1) is 14.3. The summed E-state index contributed by atoms with van der Waals surface area (Å²) >= 11 is 0. The third-order valence-electron chi connectivity index (χ3n) is 6.08. The number of unbranched alkanes of at least 4 members (excludes halogenated alkanes) is 1. The van der Waals surface area contributed by atoms with Gasteiger partial charge in [0.2, 0.25) is 11.8 Å². The van der Waals surface area contributed by atoms with Gasteiger partial charge in [-0.05, 0) is 43.4 Å². The van der Waals surface area contributed by atoms with Crippen LogP contribution in [0.25, 0.3) is 0 Å².